The monoisotopic (exact) mass is 126 g/mol. The van der Waals surface area contributed by atoms with E-state index in [1.54, 1.807) is 13.0 Å². The lowest BCUT2D eigenvalue weighted by Crippen LogP contribution is -2.31. The molecule has 0 N–H and O–H groups in total. The summed E-state index contributed by atoms with van der Waals surface area (Å²) in [5.74, 6) is 0.0660. The molecule has 1 unspecified atom stereocenters. The maximum absolute atomic E-state index is 10.8. The Hall–Kier alpha value is -0.630. The summed E-state index contributed by atoms with van der Waals surface area (Å²) >= 11 is 0. The van der Waals surface area contributed by atoms with Crippen molar-refractivity contribution in [1.29, 1.82) is 0 Å². The molecule has 0 radical (unpaired) electrons. The Kier molecular flexibility index (Phi) is 1.41. The van der Waals surface area contributed by atoms with Crippen LogP contribution in [0.3, 0.4) is 0 Å². The van der Waals surface area contributed by atoms with E-state index < -0.39 is 5.60 Å². The van der Waals surface area contributed by atoms with Crippen molar-refractivity contribution in [2.75, 3.05) is 6.61 Å². The van der Waals surface area contributed by atoms with Crippen LogP contribution in [0.2, 0.25) is 0 Å². The van der Waals surface area contributed by atoms with Crippen LogP contribution in [0.15, 0.2) is 12.2 Å². The van der Waals surface area contributed by atoms with E-state index in [0.717, 1.165) is 0 Å². The fraction of sp³-hybridized carbons (Fsp3) is 0.571. The van der Waals surface area contributed by atoms with Crippen LogP contribution in [0.1, 0.15) is 13.8 Å². The van der Waals surface area contributed by atoms with Crippen molar-refractivity contribution in [2.45, 2.75) is 19.4 Å². The zero-order valence-corrected chi connectivity index (χ0v) is 5.68. The zero-order valence-electron chi connectivity index (χ0n) is 5.68. The van der Waals surface area contributed by atoms with Crippen LogP contribution >= 0.6 is 0 Å². The Morgan fingerprint density at radius 2 is 2.44 bits per heavy atom. The molecule has 0 saturated carbocycles. The average molecular weight is 126 g/mol. The lowest BCUT2D eigenvalue weighted by atomic mass is 10.0. The highest BCUT2D eigenvalue weighted by Crippen LogP contribution is 2.18. The summed E-state index contributed by atoms with van der Waals surface area (Å²) in [7, 11) is 0. The number of rotatable bonds is 1. The van der Waals surface area contributed by atoms with Crippen molar-refractivity contribution in [2.24, 2.45) is 0 Å². The molecule has 0 aliphatic carbocycles. The van der Waals surface area contributed by atoms with Gasteiger partial charge in [-0.1, -0.05) is 6.08 Å². The average Bonchev–Trinajstić information content (AvgIpc) is 2.16. The topological polar surface area (TPSA) is 26.3 Å². The van der Waals surface area contributed by atoms with Gasteiger partial charge in [-0.05, 0) is 19.9 Å². The molecule has 0 aromatic rings. The van der Waals surface area contributed by atoms with Gasteiger partial charge >= 0.3 is 0 Å². The standard InChI is InChI=1S/C7H10O2/c1-6(8)7(2)4-3-5-9-7/h3-4H,5H2,1-2H3. The molecule has 0 aromatic carbocycles. The largest absolute Gasteiger partial charge is 0.359 e. The number of carbonyl (C=O) groups is 1. The molecule has 1 aliphatic heterocycles. The second-order valence-corrected chi connectivity index (χ2v) is 2.38. The summed E-state index contributed by atoms with van der Waals surface area (Å²) in [5.41, 5.74) is -0.625. The molecule has 1 aliphatic rings. The fourth-order valence-electron chi connectivity index (χ4n) is 0.761. The van der Waals surface area contributed by atoms with Crippen LogP contribution in [0.5, 0.6) is 0 Å². The summed E-state index contributed by atoms with van der Waals surface area (Å²) in [5, 5.41) is 0. The second-order valence-electron chi connectivity index (χ2n) is 2.38. The number of carbonyl (C=O) groups excluding carboxylic acids is 1. The third-order valence-electron chi connectivity index (χ3n) is 1.61. The van der Waals surface area contributed by atoms with Gasteiger partial charge < -0.3 is 4.74 Å². The van der Waals surface area contributed by atoms with E-state index in [2.05, 4.69) is 0 Å². The van der Waals surface area contributed by atoms with Gasteiger partial charge in [0.1, 0.15) is 5.60 Å². The van der Waals surface area contributed by atoms with Crippen LogP contribution in [-0.4, -0.2) is 18.0 Å². The maximum Gasteiger partial charge on any atom is 0.165 e. The van der Waals surface area contributed by atoms with E-state index in [1.807, 2.05) is 6.08 Å². The molecule has 0 bridgehead atoms. The minimum Gasteiger partial charge on any atom is -0.359 e. The third-order valence-corrected chi connectivity index (χ3v) is 1.61. The van der Waals surface area contributed by atoms with Crippen molar-refractivity contribution in [3.05, 3.63) is 12.2 Å². The molecule has 0 saturated heterocycles. The molecular formula is C7H10O2. The Labute approximate surface area is 54.5 Å². The van der Waals surface area contributed by atoms with Gasteiger partial charge in [-0.25, -0.2) is 0 Å². The molecule has 1 atom stereocenters. The first-order valence-corrected chi connectivity index (χ1v) is 2.98. The van der Waals surface area contributed by atoms with Crippen molar-refractivity contribution in [3.8, 4) is 0 Å². The molecule has 1 heterocycles. The van der Waals surface area contributed by atoms with E-state index in [0.29, 0.717) is 6.61 Å². The molecule has 50 valence electrons. The van der Waals surface area contributed by atoms with Crippen LogP contribution in [0, 0.1) is 0 Å². The lowest BCUT2D eigenvalue weighted by Gasteiger charge is -2.16. The number of hydrogen-bond donors (Lipinski definition) is 0. The molecule has 2 nitrogen and oxygen atoms in total. The molecule has 1 rings (SSSR count). The molecular weight excluding hydrogens is 116 g/mol. The molecule has 0 fully saturated rings. The fourth-order valence-corrected chi connectivity index (χ4v) is 0.761. The molecule has 2 heteroatoms. The summed E-state index contributed by atoms with van der Waals surface area (Å²) in [6.45, 7) is 3.88. The Morgan fingerprint density at radius 3 is 2.67 bits per heavy atom. The molecule has 0 amide bonds. The minimum atomic E-state index is -0.625. The number of Topliss-reactive ketones (excluding diaryl/α,β-unsaturated/α-hetero) is 1. The van der Waals surface area contributed by atoms with Gasteiger partial charge in [0.25, 0.3) is 0 Å². The molecule has 0 spiro atoms. The summed E-state index contributed by atoms with van der Waals surface area (Å²) in [6.07, 6.45) is 3.66. The predicted molar refractivity (Wildman–Crippen MR) is 34.2 cm³/mol. The van der Waals surface area contributed by atoms with Crippen molar-refractivity contribution in [1.82, 2.24) is 0 Å². The van der Waals surface area contributed by atoms with Gasteiger partial charge in [0.2, 0.25) is 0 Å². The zero-order chi connectivity index (χ0) is 6.91. The molecule has 9 heavy (non-hydrogen) atoms. The first-order chi connectivity index (χ1) is 4.15. The second kappa shape index (κ2) is 1.95. The smallest absolute Gasteiger partial charge is 0.165 e. The van der Waals surface area contributed by atoms with Crippen LogP contribution in [-0.2, 0) is 9.53 Å². The lowest BCUT2D eigenvalue weighted by molar-refractivity contribution is -0.131. The summed E-state index contributed by atoms with van der Waals surface area (Å²) in [6, 6.07) is 0. The van der Waals surface area contributed by atoms with E-state index in [-0.39, 0.29) is 5.78 Å². The Balaban J connectivity index is 2.74. The van der Waals surface area contributed by atoms with Crippen LogP contribution < -0.4 is 0 Å². The van der Waals surface area contributed by atoms with Gasteiger partial charge in [-0.3, -0.25) is 4.79 Å². The van der Waals surface area contributed by atoms with Gasteiger partial charge in [-0.2, -0.15) is 0 Å². The number of hydrogen-bond acceptors (Lipinski definition) is 2. The van der Waals surface area contributed by atoms with Crippen LogP contribution in [0.25, 0.3) is 0 Å². The SMILES string of the molecule is CC(=O)C1(C)C=CCO1. The van der Waals surface area contributed by atoms with Gasteiger partial charge in [-0.15, -0.1) is 0 Å². The number of ether oxygens (including phenoxy) is 1. The normalized spacial score (nSPS) is 33.1. The highest BCUT2D eigenvalue weighted by molar-refractivity contribution is 5.87. The van der Waals surface area contributed by atoms with Crippen molar-refractivity contribution in [3.63, 3.8) is 0 Å². The summed E-state index contributed by atoms with van der Waals surface area (Å²) in [4.78, 5) is 10.8. The highest BCUT2D eigenvalue weighted by Gasteiger charge is 2.29. The predicted octanol–water partition coefficient (Wildman–Crippen LogP) is 0.920. The Bertz CT molecular complexity index is 160. The first kappa shape index (κ1) is 6.49. The van der Waals surface area contributed by atoms with Crippen molar-refractivity contribution >= 4 is 5.78 Å². The van der Waals surface area contributed by atoms with Gasteiger partial charge in [0.15, 0.2) is 5.78 Å². The minimum absolute atomic E-state index is 0.0660. The van der Waals surface area contributed by atoms with E-state index in [1.165, 1.54) is 6.92 Å². The molecule has 0 aromatic heterocycles. The maximum atomic E-state index is 10.8. The highest BCUT2D eigenvalue weighted by atomic mass is 16.5. The van der Waals surface area contributed by atoms with Crippen molar-refractivity contribution < 1.29 is 9.53 Å². The third kappa shape index (κ3) is 1.03. The summed E-state index contributed by atoms with van der Waals surface area (Å²) < 4.78 is 5.14. The van der Waals surface area contributed by atoms with E-state index in [9.17, 15) is 4.79 Å². The van der Waals surface area contributed by atoms with Gasteiger partial charge in [0, 0.05) is 0 Å². The first-order valence-electron chi connectivity index (χ1n) is 2.98. The van der Waals surface area contributed by atoms with E-state index in [4.69, 9.17) is 4.74 Å². The number of ketones is 1. The van der Waals surface area contributed by atoms with E-state index >= 15 is 0 Å². The quantitative estimate of drug-likeness (QED) is 0.488. The van der Waals surface area contributed by atoms with Gasteiger partial charge in [0.05, 0.1) is 6.61 Å². The van der Waals surface area contributed by atoms with Crippen LogP contribution in [0.4, 0.5) is 0 Å². The Morgan fingerprint density at radius 1 is 1.78 bits per heavy atom.